The molecule has 0 unspecified atom stereocenters. The monoisotopic (exact) mass is 417 g/mol. The Hall–Kier alpha value is -0.930. The number of rotatable bonds is 7. The molecule has 170 valence electrons. The third-order valence-corrected chi connectivity index (χ3v) is 7.77. The quantitative estimate of drug-likeness (QED) is 0.417. The van der Waals surface area contributed by atoms with E-state index in [0.717, 1.165) is 42.7 Å². The van der Waals surface area contributed by atoms with E-state index in [1.807, 2.05) is 6.07 Å². The van der Waals surface area contributed by atoms with E-state index in [0.29, 0.717) is 11.8 Å². The van der Waals surface area contributed by atoms with Crippen LogP contribution in [0.25, 0.3) is 0 Å². The van der Waals surface area contributed by atoms with Gasteiger partial charge in [-0.05, 0) is 101 Å². The van der Waals surface area contributed by atoms with Crippen LogP contribution in [0.5, 0.6) is 0 Å². The van der Waals surface area contributed by atoms with Crippen LogP contribution in [-0.2, 0) is 4.84 Å². The second-order valence-corrected chi connectivity index (χ2v) is 11.2. The molecule has 1 aliphatic carbocycles. The molecule has 0 aromatic heterocycles. The Morgan fingerprint density at radius 3 is 2.13 bits per heavy atom. The van der Waals surface area contributed by atoms with E-state index in [1.165, 1.54) is 38.5 Å². The summed E-state index contributed by atoms with van der Waals surface area (Å²) in [5.74, 6) is 1.65. The van der Waals surface area contributed by atoms with Crippen molar-refractivity contribution in [1.82, 2.24) is 5.06 Å². The number of benzene rings is 1. The Bertz CT molecular complexity index is 672. The second kappa shape index (κ2) is 9.69. The predicted octanol–water partition coefficient (Wildman–Crippen LogP) is 7.98. The molecule has 1 saturated carbocycles. The van der Waals surface area contributed by atoms with Gasteiger partial charge in [0.2, 0.25) is 0 Å². The summed E-state index contributed by atoms with van der Waals surface area (Å²) < 4.78 is 15.2. The molecular formula is C27H44FNO. The van der Waals surface area contributed by atoms with Crippen LogP contribution in [0.4, 0.5) is 4.39 Å². The molecule has 0 amide bonds. The number of hydrogen-bond acceptors (Lipinski definition) is 2. The number of nitrogens with zero attached hydrogens (tertiary/aromatic N) is 1. The lowest BCUT2D eigenvalue weighted by atomic mass is 9.72. The molecule has 1 saturated heterocycles. The summed E-state index contributed by atoms with van der Waals surface area (Å²) in [7, 11) is 1.76. The second-order valence-electron chi connectivity index (χ2n) is 11.2. The highest BCUT2D eigenvalue weighted by molar-refractivity contribution is 5.31. The number of piperidine rings is 1. The van der Waals surface area contributed by atoms with Crippen LogP contribution < -0.4 is 0 Å². The van der Waals surface area contributed by atoms with Crippen molar-refractivity contribution in [3.05, 3.63) is 35.1 Å². The van der Waals surface area contributed by atoms with Crippen molar-refractivity contribution in [1.29, 1.82) is 0 Å². The topological polar surface area (TPSA) is 12.5 Å². The molecule has 1 heterocycles. The highest BCUT2D eigenvalue weighted by Gasteiger charge is 2.46. The van der Waals surface area contributed by atoms with Crippen LogP contribution in [0.2, 0.25) is 0 Å². The molecule has 2 nitrogen and oxygen atoms in total. The summed E-state index contributed by atoms with van der Waals surface area (Å²) in [4.78, 5) is 5.73. The van der Waals surface area contributed by atoms with E-state index in [4.69, 9.17) is 4.84 Å². The SMILES string of the molecule is CCCCCC1CCC(c2ccc(C3CC(C)(C)N(OC)C(C)(C)C3)cc2F)CC1. The Kier molecular flexibility index (Phi) is 7.66. The zero-order chi connectivity index (χ0) is 21.9. The van der Waals surface area contributed by atoms with E-state index in [2.05, 4.69) is 51.8 Å². The summed E-state index contributed by atoms with van der Waals surface area (Å²) in [6.45, 7) is 11.2. The lowest BCUT2D eigenvalue weighted by Gasteiger charge is -2.53. The largest absolute Gasteiger partial charge is 0.301 e. The van der Waals surface area contributed by atoms with Crippen molar-refractivity contribution < 1.29 is 9.23 Å². The van der Waals surface area contributed by atoms with Crippen molar-refractivity contribution in [2.45, 2.75) is 122 Å². The van der Waals surface area contributed by atoms with Gasteiger partial charge >= 0.3 is 0 Å². The minimum Gasteiger partial charge on any atom is -0.301 e. The van der Waals surface area contributed by atoms with Gasteiger partial charge in [-0.3, -0.25) is 0 Å². The average Bonchev–Trinajstić information content (AvgIpc) is 2.67. The minimum absolute atomic E-state index is 0.0201. The summed E-state index contributed by atoms with van der Waals surface area (Å²) in [6, 6.07) is 6.17. The van der Waals surface area contributed by atoms with Crippen LogP contribution in [0.1, 0.15) is 122 Å². The molecule has 0 spiro atoms. The maximum atomic E-state index is 15.2. The van der Waals surface area contributed by atoms with Gasteiger partial charge in [0.1, 0.15) is 5.82 Å². The Morgan fingerprint density at radius 1 is 0.967 bits per heavy atom. The summed E-state index contributed by atoms with van der Waals surface area (Å²) in [6.07, 6.45) is 12.2. The molecule has 3 rings (SSSR count). The van der Waals surface area contributed by atoms with E-state index in [9.17, 15) is 0 Å². The first-order valence-electron chi connectivity index (χ1n) is 12.3. The number of halogens is 1. The smallest absolute Gasteiger partial charge is 0.126 e. The zero-order valence-corrected chi connectivity index (χ0v) is 20.3. The van der Waals surface area contributed by atoms with Gasteiger partial charge in [0, 0.05) is 11.1 Å². The van der Waals surface area contributed by atoms with Crippen LogP contribution in [0.3, 0.4) is 0 Å². The van der Waals surface area contributed by atoms with Crippen molar-refractivity contribution in [2.75, 3.05) is 7.11 Å². The molecule has 3 heteroatoms. The Labute approximate surface area is 184 Å². The third-order valence-electron chi connectivity index (χ3n) is 7.77. The first-order chi connectivity index (χ1) is 14.2. The lowest BCUT2D eigenvalue weighted by Crippen LogP contribution is -2.59. The maximum Gasteiger partial charge on any atom is 0.126 e. The molecular weight excluding hydrogens is 373 g/mol. The third kappa shape index (κ3) is 5.27. The predicted molar refractivity (Wildman–Crippen MR) is 124 cm³/mol. The molecule has 0 atom stereocenters. The normalized spacial score (nSPS) is 27.3. The van der Waals surface area contributed by atoms with Gasteiger partial charge in [-0.1, -0.05) is 44.7 Å². The average molecular weight is 418 g/mol. The zero-order valence-electron chi connectivity index (χ0n) is 20.3. The molecule has 2 fully saturated rings. The van der Waals surface area contributed by atoms with Gasteiger partial charge in [0.15, 0.2) is 0 Å². The highest BCUT2D eigenvalue weighted by atomic mass is 19.1. The van der Waals surface area contributed by atoms with E-state index in [1.54, 1.807) is 7.11 Å². The van der Waals surface area contributed by atoms with Gasteiger partial charge in [0.25, 0.3) is 0 Å². The van der Waals surface area contributed by atoms with Crippen LogP contribution >= 0.6 is 0 Å². The standard InChI is InChI=1S/C27H44FNO/c1-7-8-9-10-20-11-13-21(14-12-20)24-16-15-22(17-25(24)28)23-18-26(2,3)29(30-6)27(4,5)19-23/h15-17,20-21,23H,7-14,18-19H2,1-6H3. The van der Waals surface area contributed by atoms with Crippen molar-refractivity contribution in [3.63, 3.8) is 0 Å². The van der Waals surface area contributed by atoms with Crippen LogP contribution in [0.15, 0.2) is 18.2 Å². The molecule has 0 radical (unpaired) electrons. The van der Waals surface area contributed by atoms with Gasteiger partial charge in [-0.15, -0.1) is 0 Å². The summed E-state index contributed by atoms with van der Waals surface area (Å²) in [5, 5.41) is 2.13. The molecule has 30 heavy (non-hydrogen) atoms. The van der Waals surface area contributed by atoms with Gasteiger partial charge in [0.05, 0.1) is 7.11 Å². The van der Waals surface area contributed by atoms with E-state index in [-0.39, 0.29) is 16.9 Å². The van der Waals surface area contributed by atoms with Crippen molar-refractivity contribution in [3.8, 4) is 0 Å². The fourth-order valence-corrected chi connectivity index (χ4v) is 6.57. The summed E-state index contributed by atoms with van der Waals surface area (Å²) in [5.41, 5.74) is 1.96. The maximum absolute atomic E-state index is 15.2. The van der Waals surface area contributed by atoms with E-state index < -0.39 is 0 Å². The Morgan fingerprint density at radius 2 is 1.60 bits per heavy atom. The number of hydrogen-bond donors (Lipinski definition) is 0. The first-order valence-corrected chi connectivity index (χ1v) is 12.3. The molecule has 0 bridgehead atoms. The van der Waals surface area contributed by atoms with Crippen LogP contribution in [-0.4, -0.2) is 23.3 Å². The van der Waals surface area contributed by atoms with Gasteiger partial charge in [-0.2, -0.15) is 5.06 Å². The number of unbranched alkanes of at least 4 members (excludes halogenated alkanes) is 2. The fraction of sp³-hybridized carbons (Fsp3) is 0.778. The van der Waals surface area contributed by atoms with Crippen molar-refractivity contribution >= 4 is 0 Å². The molecule has 0 N–H and O–H groups in total. The first kappa shape index (κ1) is 23.7. The van der Waals surface area contributed by atoms with Crippen LogP contribution in [0, 0.1) is 11.7 Å². The Balaban J connectivity index is 1.66. The lowest BCUT2D eigenvalue weighted by molar-refractivity contribution is -0.266. The van der Waals surface area contributed by atoms with Gasteiger partial charge < -0.3 is 4.84 Å². The minimum atomic E-state index is -0.0769. The van der Waals surface area contributed by atoms with E-state index >= 15 is 4.39 Å². The summed E-state index contributed by atoms with van der Waals surface area (Å²) >= 11 is 0. The van der Waals surface area contributed by atoms with Crippen molar-refractivity contribution in [2.24, 2.45) is 5.92 Å². The van der Waals surface area contributed by atoms with Gasteiger partial charge in [-0.25, -0.2) is 4.39 Å². The highest BCUT2D eigenvalue weighted by Crippen LogP contribution is 2.46. The molecule has 1 aromatic rings. The number of hydroxylamine groups is 2. The molecule has 1 aromatic carbocycles. The fourth-order valence-electron chi connectivity index (χ4n) is 6.57. The molecule has 2 aliphatic rings. The molecule has 1 aliphatic heterocycles.